The zero-order valence-electron chi connectivity index (χ0n) is 10.9. The van der Waals surface area contributed by atoms with Gasteiger partial charge in [-0.25, -0.2) is 0 Å². The van der Waals surface area contributed by atoms with Crippen molar-refractivity contribution < 1.29 is 66.0 Å². The maximum Gasteiger partial charge on any atom is 0.500 e. The highest BCUT2D eigenvalue weighted by molar-refractivity contribution is 4.94. The van der Waals surface area contributed by atoms with Crippen LogP contribution in [0.2, 0.25) is 0 Å². The standard InChI is InChI=1S/C9H3F14N2/c10-4(11,6(14,15)16)5(12,13)8(20,21)24-1-2-25(3-24)9(22,23)7(17,18)19/h1-3H/q+1. The zero-order valence-corrected chi connectivity index (χ0v) is 10.9. The first-order valence-electron chi connectivity index (χ1n) is 5.46. The molecule has 25 heavy (non-hydrogen) atoms. The van der Waals surface area contributed by atoms with E-state index in [2.05, 4.69) is 0 Å². The van der Waals surface area contributed by atoms with E-state index in [4.69, 9.17) is 0 Å². The highest BCUT2D eigenvalue weighted by atomic mass is 19.4. The molecule has 0 amide bonds. The monoisotopic (exact) mass is 405 g/mol. The molecule has 1 rings (SSSR count). The molecule has 2 nitrogen and oxygen atoms in total. The van der Waals surface area contributed by atoms with Gasteiger partial charge in [-0.15, -0.1) is 0 Å². The van der Waals surface area contributed by atoms with Crippen LogP contribution in [0.3, 0.4) is 0 Å². The van der Waals surface area contributed by atoms with Gasteiger partial charge in [-0.3, -0.25) is 0 Å². The van der Waals surface area contributed by atoms with E-state index in [0.717, 1.165) is 0 Å². The van der Waals surface area contributed by atoms with Crippen molar-refractivity contribution >= 4 is 0 Å². The molecule has 1 aromatic rings. The summed E-state index contributed by atoms with van der Waals surface area (Å²) in [6.07, 6.45) is -15.9. The van der Waals surface area contributed by atoms with Crippen LogP contribution in [0.5, 0.6) is 0 Å². The highest BCUT2D eigenvalue weighted by Crippen LogP contribution is 2.53. The Balaban J connectivity index is 3.42. The predicted molar refractivity (Wildman–Crippen MR) is 47.0 cm³/mol. The van der Waals surface area contributed by atoms with Gasteiger partial charge < -0.3 is 0 Å². The number of imidazole rings is 1. The quantitative estimate of drug-likeness (QED) is 0.523. The van der Waals surface area contributed by atoms with Crippen LogP contribution in [0.4, 0.5) is 61.5 Å². The Kier molecular flexibility index (Phi) is 4.56. The fourth-order valence-electron chi connectivity index (χ4n) is 1.36. The van der Waals surface area contributed by atoms with E-state index < -0.39 is 64.1 Å². The third-order valence-electron chi connectivity index (χ3n) is 2.75. The number of nitrogens with zero attached hydrogens (tertiary/aromatic N) is 2. The van der Waals surface area contributed by atoms with Gasteiger partial charge in [0, 0.05) is 0 Å². The first kappa shape index (κ1) is 21.3. The Morgan fingerprint density at radius 1 is 0.600 bits per heavy atom. The minimum Gasteiger partial charge on any atom is -0.189 e. The number of hydrogen-bond acceptors (Lipinski definition) is 0. The van der Waals surface area contributed by atoms with E-state index in [1.54, 1.807) is 0 Å². The second kappa shape index (κ2) is 5.36. The van der Waals surface area contributed by atoms with Crippen molar-refractivity contribution in [1.29, 1.82) is 0 Å². The van der Waals surface area contributed by atoms with Gasteiger partial charge in [-0.2, -0.15) is 70.6 Å². The van der Waals surface area contributed by atoms with Crippen LogP contribution in [0, 0.1) is 0 Å². The normalized spacial score (nSPS) is 15.6. The average molecular weight is 405 g/mol. The van der Waals surface area contributed by atoms with Crippen LogP contribution in [0.25, 0.3) is 0 Å². The molecule has 0 aliphatic rings. The molecule has 0 bridgehead atoms. The first-order valence-corrected chi connectivity index (χ1v) is 5.46. The van der Waals surface area contributed by atoms with Gasteiger partial charge in [-0.1, -0.05) is 0 Å². The van der Waals surface area contributed by atoms with E-state index >= 15 is 0 Å². The van der Waals surface area contributed by atoms with Crippen LogP contribution < -0.4 is 4.57 Å². The number of alkyl halides is 14. The summed E-state index contributed by atoms with van der Waals surface area (Å²) in [5.41, 5.74) is 0. The maximum absolute atomic E-state index is 13.4. The van der Waals surface area contributed by atoms with Crippen LogP contribution in [0.1, 0.15) is 0 Å². The fourth-order valence-corrected chi connectivity index (χ4v) is 1.36. The Morgan fingerprint density at radius 2 is 1.04 bits per heavy atom. The third-order valence-corrected chi connectivity index (χ3v) is 2.75. The van der Waals surface area contributed by atoms with Crippen molar-refractivity contribution in [2.24, 2.45) is 0 Å². The Labute approximate surface area is 127 Å². The Hall–Kier alpha value is -1.77. The van der Waals surface area contributed by atoms with E-state index in [0.29, 0.717) is 0 Å². The Morgan fingerprint density at radius 3 is 1.40 bits per heavy atom. The molecule has 0 saturated heterocycles. The zero-order chi connectivity index (χ0) is 20.3. The summed E-state index contributed by atoms with van der Waals surface area (Å²) < 4.78 is 172. The van der Waals surface area contributed by atoms with Gasteiger partial charge in [0.15, 0.2) is 0 Å². The number of aromatic nitrogens is 2. The lowest BCUT2D eigenvalue weighted by Gasteiger charge is -2.31. The molecule has 0 unspecified atom stereocenters. The first-order chi connectivity index (χ1) is 10.7. The summed E-state index contributed by atoms with van der Waals surface area (Å²) in [5.74, 6) is -14.5. The molecule has 0 aromatic carbocycles. The SMILES string of the molecule is FC(F)(F)C(F)(F)n1cc[n+](C(F)(F)C(F)(F)C(F)(F)C(F)(F)F)c1. The van der Waals surface area contributed by atoms with E-state index in [-0.39, 0.29) is 0 Å². The summed E-state index contributed by atoms with van der Waals surface area (Å²) in [6, 6.07) is -12.4. The molecule has 1 heterocycles. The van der Waals surface area contributed by atoms with Crippen molar-refractivity contribution in [3.05, 3.63) is 18.7 Å². The lowest BCUT2D eigenvalue weighted by Crippen LogP contribution is -2.69. The van der Waals surface area contributed by atoms with Crippen LogP contribution >= 0.6 is 0 Å². The summed E-state index contributed by atoms with van der Waals surface area (Å²) >= 11 is 0. The van der Waals surface area contributed by atoms with Gasteiger partial charge in [0.05, 0.1) is 0 Å². The molecule has 0 radical (unpaired) electrons. The molecule has 0 fully saturated rings. The molecule has 0 aliphatic heterocycles. The molecule has 0 saturated carbocycles. The van der Waals surface area contributed by atoms with Crippen molar-refractivity contribution in [2.75, 3.05) is 0 Å². The minimum absolute atomic E-state index is 0.566. The van der Waals surface area contributed by atoms with E-state index in [1.807, 2.05) is 0 Å². The summed E-state index contributed by atoms with van der Waals surface area (Å²) in [6.45, 7) is 0. The summed E-state index contributed by atoms with van der Waals surface area (Å²) in [7, 11) is 0. The van der Waals surface area contributed by atoms with Crippen molar-refractivity contribution in [2.45, 2.75) is 36.3 Å². The molecule has 0 N–H and O–H groups in total. The maximum atomic E-state index is 13.4. The highest BCUT2D eigenvalue weighted by Gasteiger charge is 2.84. The lowest BCUT2D eigenvalue weighted by molar-refractivity contribution is -0.850. The molecule has 146 valence electrons. The van der Waals surface area contributed by atoms with Crippen molar-refractivity contribution in [3.63, 3.8) is 0 Å². The molecule has 0 atom stereocenters. The van der Waals surface area contributed by atoms with Crippen LogP contribution in [-0.4, -0.2) is 28.8 Å². The van der Waals surface area contributed by atoms with Crippen LogP contribution in [0.15, 0.2) is 18.7 Å². The second-order valence-corrected chi connectivity index (χ2v) is 4.45. The van der Waals surface area contributed by atoms with E-state index in [1.165, 1.54) is 0 Å². The molecular formula is C9H3F14N2+. The van der Waals surface area contributed by atoms with Crippen molar-refractivity contribution in [3.8, 4) is 0 Å². The number of rotatable bonds is 4. The largest absolute Gasteiger partial charge is 0.500 e. The van der Waals surface area contributed by atoms with Gasteiger partial charge in [0.2, 0.25) is 0 Å². The fraction of sp³-hybridized carbons (Fsp3) is 0.667. The van der Waals surface area contributed by atoms with Gasteiger partial charge in [-0.05, 0) is 0 Å². The predicted octanol–water partition coefficient (Wildman–Crippen LogP) is 4.27. The molecule has 0 spiro atoms. The molecule has 16 heteroatoms. The number of hydrogen-bond donors (Lipinski definition) is 0. The lowest BCUT2D eigenvalue weighted by atomic mass is 10.1. The number of halogens is 14. The average Bonchev–Trinajstić information content (AvgIpc) is 2.85. The minimum atomic E-state index is -7.33. The topological polar surface area (TPSA) is 8.81 Å². The third kappa shape index (κ3) is 2.98. The summed E-state index contributed by atoms with van der Waals surface area (Å²) in [4.78, 5) is 0. The Bertz CT molecular complexity index is 621. The second-order valence-electron chi connectivity index (χ2n) is 4.45. The van der Waals surface area contributed by atoms with Gasteiger partial charge in [0.1, 0.15) is 12.4 Å². The van der Waals surface area contributed by atoms with Crippen LogP contribution in [-0.2, 0) is 12.1 Å². The molecule has 1 aromatic heterocycles. The molecule has 0 aliphatic carbocycles. The van der Waals surface area contributed by atoms with E-state index in [9.17, 15) is 61.5 Å². The summed E-state index contributed by atoms with van der Waals surface area (Å²) in [5, 5.41) is 0. The van der Waals surface area contributed by atoms with Gasteiger partial charge >= 0.3 is 36.3 Å². The van der Waals surface area contributed by atoms with Crippen molar-refractivity contribution in [1.82, 2.24) is 4.57 Å². The van der Waals surface area contributed by atoms with Gasteiger partial charge in [0.25, 0.3) is 6.33 Å². The molecular weight excluding hydrogens is 402 g/mol. The smallest absolute Gasteiger partial charge is 0.189 e.